The lowest BCUT2D eigenvalue weighted by Crippen LogP contribution is -2.48. The molecule has 150 valence electrons. The molecule has 0 bridgehead atoms. The molecule has 3 aliphatic heterocycles. The van der Waals surface area contributed by atoms with E-state index >= 15 is 0 Å². The van der Waals surface area contributed by atoms with Gasteiger partial charge in [0.2, 0.25) is 11.8 Å². The Bertz CT molecular complexity index is 1140. The number of fused-ring (bicyclic) bond motifs is 5. The van der Waals surface area contributed by atoms with E-state index in [1.54, 1.807) is 0 Å². The van der Waals surface area contributed by atoms with Crippen LogP contribution in [0.15, 0.2) is 54.6 Å². The van der Waals surface area contributed by atoms with Crippen molar-refractivity contribution in [2.24, 2.45) is 11.8 Å². The number of nitrogens with zero attached hydrogens (tertiary/aromatic N) is 3. The van der Waals surface area contributed by atoms with E-state index in [0.717, 1.165) is 16.2 Å². The number of nitro benzene ring substituents is 1. The van der Waals surface area contributed by atoms with E-state index in [1.165, 1.54) is 31.2 Å². The zero-order valence-electron chi connectivity index (χ0n) is 16.0. The molecule has 4 atom stereocenters. The quantitative estimate of drug-likeness (QED) is 0.444. The molecule has 2 aromatic rings. The molecule has 3 aliphatic rings. The highest BCUT2D eigenvalue weighted by atomic mass is 16.6. The van der Waals surface area contributed by atoms with Crippen LogP contribution in [0.2, 0.25) is 0 Å². The standard InChI is InChI=1S/C22H17N3O5/c1-12(26)20-19-18(17-11-6-13-4-2-3-5-16(13)24(17)20)21(27)23(22(19)28)14-7-9-15(10-8-14)25(29)30/h2-11,17-20H,1H3/t17-,18-,19-,20-/m1/s1. The number of Topliss-reactive ketones (excluding diaryl/α,β-unsaturated/α-hetero) is 1. The number of carbonyl (C=O) groups excluding carboxylic acids is 3. The normalized spacial score (nSPS) is 26.4. The number of non-ortho nitro benzene ring substituents is 1. The topological polar surface area (TPSA) is 101 Å². The number of hydrogen-bond acceptors (Lipinski definition) is 6. The molecule has 2 saturated heterocycles. The third-order valence-electron chi connectivity index (χ3n) is 6.15. The second-order valence-electron chi connectivity index (χ2n) is 7.71. The van der Waals surface area contributed by atoms with E-state index in [4.69, 9.17) is 0 Å². The summed E-state index contributed by atoms with van der Waals surface area (Å²) in [5.41, 5.74) is 1.92. The highest BCUT2D eigenvalue weighted by molar-refractivity contribution is 6.24. The van der Waals surface area contributed by atoms with Gasteiger partial charge in [-0.05, 0) is 30.7 Å². The summed E-state index contributed by atoms with van der Waals surface area (Å²) in [5, 5.41) is 10.9. The van der Waals surface area contributed by atoms with Crippen molar-refractivity contribution in [2.45, 2.75) is 19.0 Å². The van der Waals surface area contributed by atoms with E-state index in [1.807, 2.05) is 41.3 Å². The van der Waals surface area contributed by atoms with Gasteiger partial charge in [0.15, 0.2) is 5.78 Å². The minimum Gasteiger partial charge on any atom is -0.353 e. The highest BCUT2D eigenvalue weighted by Crippen LogP contribution is 2.49. The summed E-state index contributed by atoms with van der Waals surface area (Å²) in [5.74, 6) is -2.50. The third kappa shape index (κ3) is 2.36. The highest BCUT2D eigenvalue weighted by Gasteiger charge is 2.63. The zero-order chi connectivity index (χ0) is 21.2. The van der Waals surface area contributed by atoms with Crippen LogP contribution in [0.5, 0.6) is 0 Å². The van der Waals surface area contributed by atoms with Gasteiger partial charge in [-0.1, -0.05) is 30.4 Å². The maximum Gasteiger partial charge on any atom is 0.269 e. The van der Waals surface area contributed by atoms with Crippen LogP contribution in [0.4, 0.5) is 17.1 Å². The van der Waals surface area contributed by atoms with Crippen LogP contribution in [0.3, 0.4) is 0 Å². The fourth-order valence-electron chi connectivity index (χ4n) is 4.95. The summed E-state index contributed by atoms with van der Waals surface area (Å²) in [6.07, 6.45) is 3.80. The zero-order valence-corrected chi connectivity index (χ0v) is 16.0. The van der Waals surface area contributed by atoms with Crippen molar-refractivity contribution >= 4 is 40.7 Å². The number of benzene rings is 2. The Labute approximate surface area is 171 Å². The lowest BCUT2D eigenvalue weighted by Gasteiger charge is -2.36. The molecule has 0 spiro atoms. The molecule has 0 aromatic heterocycles. The summed E-state index contributed by atoms with van der Waals surface area (Å²) < 4.78 is 0. The van der Waals surface area contributed by atoms with Crippen molar-refractivity contribution in [2.75, 3.05) is 9.80 Å². The van der Waals surface area contributed by atoms with Gasteiger partial charge in [0.05, 0.1) is 28.5 Å². The average molecular weight is 403 g/mol. The number of anilines is 2. The van der Waals surface area contributed by atoms with Crippen molar-refractivity contribution in [1.29, 1.82) is 0 Å². The molecule has 0 saturated carbocycles. The molecule has 5 rings (SSSR count). The summed E-state index contributed by atoms with van der Waals surface area (Å²) in [6, 6.07) is 11.7. The Hall–Kier alpha value is -3.81. The largest absolute Gasteiger partial charge is 0.353 e. The van der Waals surface area contributed by atoms with Crippen LogP contribution in [0, 0.1) is 22.0 Å². The van der Waals surface area contributed by atoms with Gasteiger partial charge in [-0.2, -0.15) is 0 Å². The number of amides is 2. The first-order valence-electron chi connectivity index (χ1n) is 9.58. The van der Waals surface area contributed by atoms with Crippen LogP contribution in [0.25, 0.3) is 6.08 Å². The maximum atomic E-state index is 13.4. The summed E-state index contributed by atoms with van der Waals surface area (Å²) in [7, 11) is 0. The molecule has 30 heavy (non-hydrogen) atoms. The van der Waals surface area contributed by atoms with Gasteiger partial charge in [0.1, 0.15) is 6.04 Å². The average Bonchev–Trinajstić information content (AvgIpc) is 3.21. The first-order valence-corrected chi connectivity index (χ1v) is 9.58. The Morgan fingerprint density at radius 2 is 1.67 bits per heavy atom. The van der Waals surface area contributed by atoms with Crippen molar-refractivity contribution in [1.82, 2.24) is 0 Å². The monoisotopic (exact) mass is 403 g/mol. The maximum absolute atomic E-state index is 13.4. The third-order valence-corrected chi connectivity index (χ3v) is 6.15. The minimum absolute atomic E-state index is 0.127. The lowest BCUT2D eigenvalue weighted by atomic mass is 9.88. The number of ketones is 1. The van der Waals surface area contributed by atoms with Gasteiger partial charge >= 0.3 is 0 Å². The van der Waals surface area contributed by atoms with Crippen molar-refractivity contribution < 1.29 is 19.3 Å². The number of imide groups is 1. The summed E-state index contributed by atoms with van der Waals surface area (Å²) in [6.45, 7) is 1.44. The van der Waals surface area contributed by atoms with Gasteiger partial charge in [-0.3, -0.25) is 24.5 Å². The van der Waals surface area contributed by atoms with E-state index in [-0.39, 0.29) is 23.1 Å². The van der Waals surface area contributed by atoms with Gasteiger partial charge in [-0.25, -0.2) is 4.90 Å². The molecule has 0 aliphatic carbocycles. The molecule has 8 heteroatoms. The molecule has 2 fully saturated rings. The molecule has 3 heterocycles. The Kier molecular flexibility index (Phi) is 3.86. The number of hydrogen-bond donors (Lipinski definition) is 0. The van der Waals surface area contributed by atoms with Crippen molar-refractivity contribution in [3.05, 3.63) is 70.3 Å². The number of nitro groups is 1. The summed E-state index contributed by atoms with van der Waals surface area (Å²) >= 11 is 0. The second kappa shape index (κ2) is 6.35. The molecule has 8 nitrogen and oxygen atoms in total. The number of rotatable bonds is 3. The second-order valence-corrected chi connectivity index (χ2v) is 7.71. The van der Waals surface area contributed by atoms with E-state index in [9.17, 15) is 24.5 Å². The van der Waals surface area contributed by atoms with Gasteiger partial charge in [0, 0.05) is 17.8 Å². The van der Waals surface area contributed by atoms with E-state index in [0.29, 0.717) is 0 Å². The minimum atomic E-state index is -0.800. The van der Waals surface area contributed by atoms with Crippen molar-refractivity contribution in [3.8, 4) is 0 Å². The molecule has 0 unspecified atom stereocenters. The van der Waals surface area contributed by atoms with Gasteiger partial charge in [-0.15, -0.1) is 0 Å². The Balaban J connectivity index is 1.58. The Morgan fingerprint density at radius 1 is 1.00 bits per heavy atom. The van der Waals surface area contributed by atoms with Crippen LogP contribution in [-0.4, -0.2) is 34.6 Å². The van der Waals surface area contributed by atoms with E-state index < -0.39 is 34.7 Å². The van der Waals surface area contributed by atoms with Crippen LogP contribution >= 0.6 is 0 Å². The van der Waals surface area contributed by atoms with Gasteiger partial charge in [0.25, 0.3) is 5.69 Å². The molecule has 0 radical (unpaired) electrons. The smallest absolute Gasteiger partial charge is 0.269 e. The fraction of sp³-hybridized carbons (Fsp3) is 0.227. The lowest BCUT2D eigenvalue weighted by molar-refractivity contribution is -0.384. The molecular formula is C22H17N3O5. The van der Waals surface area contributed by atoms with Gasteiger partial charge < -0.3 is 4.90 Å². The van der Waals surface area contributed by atoms with Crippen LogP contribution in [-0.2, 0) is 14.4 Å². The molecule has 0 N–H and O–H groups in total. The number of para-hydroxylation sites is 1. The summed E-state index contributed by atoms with van der Waals surface area (Å²) in [4.78, 5) is 52.7. The first kappa shape index (κ1) is 18.2. The first-order chi connectivity index (χ1) is 14.4. The Morgan fingerprint density at radius 3 is 2.33 bits per heavy atom. The van der Waals surface area contributed by atoms with Crippen LogP contribution in [0.1, 0.15) is 12.5 Å². The molecule has 2 aromatic carbocycles. The van der Waals surface area contributed by atoms with Crippen LogP contribution < -0.4 is 9.80 Å². The fourth-order valence-corrected chi connectivity index (χ4v) is 4.95. The molecule has 2 amide bonds. The predicted octanol–water partition coefficient (Wildman–Crippen LogP) is 2.57. The number of carbonyl (C=O) groups is 3. The predicted molar refractivity (Wildman–Crippen MR) is 109 cm³/mol. The molecular weight excluding hydrogens is 386 g/mol. The SMILES string of the molecule is CC(=O)[C@@H]1[C@@H]2C(=O)N(c3ccc([N+](=O)[O-])cc3)C(=O)[C@@H]2[C@H]2C=Cc3ccccc3N21. The van der Waals surface area contributed by atoms with E-state index in [2.05, 4.69) is 0 Å². The van der Waals surface area contributed by atoms with Crippen molar-refractivity contribution in [3.63, 3.8) is 0 Å².